The molecule has 6 rings (SSSR count). The molecule has 194 valence electrons. The van der Waals surface area contributed by atoms with E-state index >= 15 is 0 Å². The van der Waals surface area contributed by atoms with E-state index in [0.717, 1.165) is 17.2 Å². The van der Waals surface area contributed by atoms with Gasteiger partial charge in [-0.05, 0) is 42.0 Å². The fourth-order valence-corrected chi connectivity index (χ4v) is 5.17. The molecule has 0 aliphatic carbocycles. The van der Waals surface area contributed by atoms with E-state index in [1.807, 2.05) is 18.2 Å². The minimum Gasteiger partial charge on any atom is -0.480 e. The monoisotopic (exact) mass is 544 g/mol. The summed E-state index contributed by atoms with van der Waals surface area (Å²) < 4.78 is 50.5. The number of aromatic nitrogens is 4. The van der Waals surface area contributed by atoms with Crippen molar-refractivity contribution in [1.29, 1.82) is 0 Å². The van der Waals surface area contributed by atoms with Crippen molar-refractivity contribution in [3.05, 3.63) is 90.0 Å². The largest absolute Gasteiger partial charge is 0.480 e. The van der Waals surface area contributed by atoms with Crippen LogP contribution in [0.4, 0.5) is 14.5 Å². The first-order valence-electron chi connectivity index (χ1n) is 11.6. The highest BCUT2D eigenvalue weighted by Gasteiger charge is 2.21. The second-order valence-corrected chi connectivity index (χ2v) is 9.78. The van der Waals surface area contributed by atoms with Gasteiger partial charge in [0.1, 0.15) is 17.3 Å². The topological polar surface area (TPSA) is 119 Å². The molecule has 39 heavy (non-hydrogen) atoms. The fourth-order valence-electron chi connectivity index (χ4n) is 4.26. The lowest BCUT2D eigenvalue weighted by Crippen LogP contribution is -2.24. The van der Waals surface area contributed by atoms with Crippen molar-refractivity contribution >= 4 is 33.6 Å². The number of carbonyl (C=O) groups excluding carboxylic acids is 1. The van der Waals surface area contributed by atoms with Gasteiger partial charge in [0.25, 0.3) is 5.91 Å². The predicted molar refractivity (Wildman–Crippen MR) is 140 cm³/mol. The molecule has 1 unspecified atom stereocenters. The first-order chi connectivity index (χ1) is 18.9. The Balaban J connectivity index is 1.58. The minimum atomic E-state index is -2.24. The number of anilines is 1. The molecule has 1 atom stereocenters. The summed E-state index contributed by atoms with van der Waals surface area (Å²) in [6.45, 7) is 0.0162. The molecule has 4 aromatic heterocycles. The molecule has 1 aromatic carbocycles. The van der Waals surface area contributed by atoms with Crippen molar-refractivity contribution in [2.75, 3.05) is 11.8 Å². The van der Waals surface area contributed by atoms with Crippen LogP contribution in [-0.4, -0.2) is 37.2 Å². The molecule has 0 spiro atoms. The molecule has 1 aliphatic heterocycles. The summed E-state index contributed by atoms with van der Waals surface area (Å²) in [6, 6.07) is 10.3. The zero-order chi connectivity index (χ0) is 27.1. The van der Waals surface area contributed by atoms with Gasteiger partial charge < -0.3 is 10.1 Å². The van der Waals surface area contributed by atoms with E-state index in [1.165, 1.54) is 7.11 Å². The number of amides is 1. The van der Waals surface area contributed by atoms with E-state index in [9.17, 15) is 17.8 Å². The summed E-state index contributed by atoms with van der Waals surface area (Å²) in [5.74, 6) is -2.88. The quantitative estimate of drug-likeness (QED) is 0.321. The molecule has 0 radical (unpaired) electrons. The number of fused-ring (bicyclic) bond motifs is 9. The Kier molecular flexibility index (Phi) is 6.15. The third-order valence-corrected chi connectivity index (χ3v) is 7.27. The summed E-state index contributed by atoms with van der Waals surface area (Å²) in [5, 5.41) is 2.61. The third-order valence-electron chi connectivity index (χ3n) is 6.15. The second kappa shape index (κ2) is 9.80. The average Bonchev–Trinajstić information content (AvgIpc) is 2.95. The maximum absolute atomic E-state index is 14.7. The summed E-state index contributed by atoms with van der Waals surface area (Å²) in [5.41, 5.74) is 4.21. The molecule has 5 heterocycles. The normalized spacial score (nSPS) is 14.7. The van der Waals surface area contributed by atoms with Gasteiger partial charge in [-0.3, -0.25) is 19.5 Å². The smallest absolute Gasteiger partial charge is 0.254 e. The highest BCUT2D eigenvalue weighted by atomic mass is 32.2. The van der Waals surface area contributed by atoms with E-state index in [0.29, 0.717) is 33.9 Å². The van der Waals surface area contributed by atoms with E-state index in [2.05, 4.69) is 25.0 Å². The number of methoxy groups -OCH3 is 1. The van der Waals surface area contributed by atoms with Crippen molar-refractivity contribution in [2.45, 2.75) is 11.4 Å². The van der Waals surface area contributed by atoms with Crippen molar-refractivity contribution in [2.24, 2.45) is 0 Å². The lowest BCUT2D eigenvalue weighted by Gasteiger charge is -2.14. The van der Waals surface area contributed by atoms with Crippen LogP contribution in [0.1, 0.15) is 15.9 Å². The Hall–Kier alpha value is -4.84. The Morgan fingerprint density at radius 1 is 0.949 bits per heavy atom. The minimum absolute atomic E-state index is 0.0162. The Bertz CT molecular complexity index is 1820. The highest BCUT2D eigenvalue weighted by molar-refractivity contribution is 7.86. The van der Waals surface area contributed by atoms with Gasteiger partial charge >= 0.3 is 0 Å². The Morgan fingerprint density at radius 3 is 2.67 bits per heavy atom. The number of hydrogen-bond acceptors (Lipinski definition) is 7. The van der Waals surface area contributed by atoms with Gasteiger partial charge in [-0.1, -0.05) is 0 Å². The van der Waals surface area contributed by atoms with Gasteiger partial charge in [0, 0.05) is 54.1 Å². The maximum Gasteiger partial charge on any atom is 0.254 e. The summed E-state index contributed by atoms with van der Waals surface area (Å²) in [6.07, 6.45) is 6.45. The van der Waals surface area contributed by atoms with Gasteiger partial charge in [0.05, 0.1) is 34.3 Å². The Morgan fingerprint density at radius 2 is 1.82 bits per heavy atom. The van der Waals surface area contributed by atoms with Crippen molar-refractivity contribution in [1.82, 2.24) is 25.3 Å². The standard InChI is InChI=1S/C27H18F2N6O3S/c1-38-27-23-7-16(13-33-27)21-2-3-22-25(34-21)17(4-5-31-22)15-6-14(10-30-12-15)11-32-26(36)18-8-24(39(37)35-23)20(29)9-19(18)28/h2-10,12-13,35H,11H2,1H3,(H,32,36). The number of nitrogens with zero attached hydrogens (tertiary/aromatic N) is 4. The molecule has 1 aliphatic rings. The lowest BCUT2D eigenvalue weighted by molar-refractivity contribution is 0.0946. The molecule has 12 heteroatoms. The molecule has 0 saturated carbocycles. The zero-order valence-electron chi connectivity index (χ0n) is 20.2. The number of halogens is 2. The summed E-state index contributed by atoms with van der Waals surface area (Å²) >= 11 is 0. The van der Waals surface area contributed by atoms with Gasteiger partial charge in [-0.2, -0.15) is 0 Å². The van der Waals surface area contributed by atoms with Gasteiger partial charge in [0.2, 0.25) is 5.88 Å². The average molecular weight is 545 g/mol. The molecular formula is C27H18F2N6O3S. The first-order valence-corrected chi connectivity index (χ1v) is 12.8. The molecule has 8 bridgehead atoms. The SMILES string of the molecule is COc1ncc2cc1NS(=O)c1cc(c(F)cc1F)C(=O)NCc1cncc(c1)-c1ccnc3ccc-2nc13. The van der Waals surface area contributed by atoms with Gasteiger partial charge in [-0.25, -0.2) is 23.0 Å². The van der Waals surface area contributed by atoms with Crippen molar-refractivity contribution in [3.63, 3.8) is 0 Å². The third kappa shape index (κ3) is 4.55. The van der Waals surface area contributed by atoms with Crippen LogP contribution in [0.25, 0.3) is 33.4 Å². The molecule has 1 amide bonds. The number of nitrogens with one attached hydrogen (secondary N) is 2. The van der Waals surface area contributed by atoms with E-state index < -0.39 is 39.0 Å². The van der Waals surface area contributed by atoms with Crippen LogP contribution in [0.2, 0.25) is 0 Å². The molecule has 0 saturated heterocycles. The van der Waals surface area contributed by atoms with Crippen LogP contribution in [0.5, 0.6) is 5.88 Å². The summed E-state index contributed by atoms with van der Waals surface area (Å²) in [7, 11) is -0.866. The van der Waals surface area contributed by atoms with Crippen molar-refractivity contribution in [3.8, 4) is 28.3 Å². The van der Waals surface area contributed by atoms with Gasteiger partial charge in [-0.15, -0.1) is 0 Å². The highest BCUT2D eigenvalue weighted by Crippen LogP contribution is 2.32. The van der Waals surface area contributed by atoms with Crippen LogP contribution in [0, 0.1) is 11.6 Å². The second-order valence-electron chi connectivity index (χ2n) is 8.60. The summed E-state index contributed by atoms with van der Waals surface area (Å²) in [4.78, 5) is 30.3. The van der Waals surface area contributed by atoms with Crippen LogP contribution >= 0.6 is 0 Å². The predicted octanol–water partition coefficient (Wildman–Crippen LogP) is 4.42. The molecule has 5 aromatic rings. The van der Waals surface area contributed by atoms with Crippen LogP contribution in [-0.2, 0) is 17.5 Å². The zero-order valence-corrected chi connectivity index (χ0v) is 21.1. The number of benzene rings is 1. The number of rotatable bonds is 1. The maximum atomic E-state index is 14.7. The molecule has 0 fully saturated rings. The van der Waals surface area contributed by atoms with Crippen molar-refractivity contribution < 1.29 is 22.5 Å². The Labute approximate surface area is 222 Å². The van der Waals surface area contributed by atoms with Gasteiger partial charge in [0.15, 0.2) is 11.0 Å². The van der Waals surface area contributed by atoms with E-state index in [1.54, 1.807) is 36.9 Å². The molecule has 9 nitrogen and oxygen atoms in total. The van der Waals surface area contributed by atoms with E-state index in [-0.39, 0.29) is 18.1 Å². The number of hydrogen-bond donors (Lipinski definition) is 2. The van der Waals surface area contributed by atoms with E-state index in [4.69, 9.17) is 9.72 Å². The molecule has 2 N–H and O–H groups in total. The van der Waals surface area contributed by atoms with Crippen LogP contribution in [0.15, 0.2) is 72.1 Å². The fraction of sp³-hybridized carbons (Fsp3) is 0.0741. The lowest BCUT2D eigenvalue weighted by atomic mass is 10.0. The first kappa shape index (κ1) is 24.5. The molecular weight excluding hydrogens is 526 g/mol. The number of carbonyl (C=O) groups is 1. The van der Waals surface area contributed by atoms with Crippen LogP contribution < -0.4 is 14.8 Å². The van der Waals surface area contributed by atoms with Crippen LogP contribution in [0.3, 0.4) is 0 Å². The number of pyridine rings is 4. The number of ether oxygens (including phenoxy) is 1.